The molecule has 6 saturated heterocycles. The van der Waals surface area contributed by atoms with E-state index >= 15 is 0 Å². The molecule has 3 saturated carbocycles. The van der Waals surface area contributed by atoms with Crippen molar-refractivity contribution in [3.63, 3.8) is 0 Å². The van der Waals surface area contributed by atoms with Crippen molar-refractivity contribution in [3.05, 3.63) is 109 Å². The van der Waals surface area contributed by atoms with Gasteiger partial charge < -0.3 is 75.0 Å². The molecular formula is C75H90N24O6. The quantitative estimate of drug-likeness (QED) is 0.0572. The van der Waals surface area contributed by atoms with Gasteiger partial charge in [0.15, 0.2) is 0 Å². The van der Waals surface area contributed by atoms with Gasteiger partial charge in [-0.15, -0.1) is 0 Å². The van der Waals surface area contributed by atoms with Gasteiger partial charge >= 0.3 is 0 Å². The van der Waals surface area contributed by atoms with Crippen molar-refractivity contribution >= 4 is 121 Å². The number of carbonyl (C=O) groups excluding carboxylic acids is 6. The molecular weight excluding hydrogens is 1330 g/mol. The Hall–Kier alpha value is -10.6. The van der Waals surface area contributed by atoms with Gasteiger partial charge in [0.2, 0.25) is 35.6 Å². The zero-order valence-electron chi connectivity index (χ0n) is 60.2. The summed E-state index contributed by atoms with van der Waals surface area (Å²) < 4.78 is 6.29. The van der Waals surface area contributed by atoms with Crippen LogP contribution < -0.4 is 46.6 Å². The number of rotatable bonds is 15. The fourth-order valence-corrected chi connectivity index (χ4v) is 17.1. The summed E-state index contributed by atoms with van der Waals surface area (Å²) >= 11 is 0. The van der Waals surface area contributed by atoms with Gasteiger partial charge in [-0.1, -0.05) is 38.5 Å². The molecule has 18 rings (SSSR count). The minimum Gasteiger partial charge on any atom is -0.343 e. The SMILES string of the molecule is CN(C)C(=O)c1cc2cnc(Nc3ccc(N4CC5CNCC5C4=O)cn3)nc2n1C1CCCC1.CN(C)C(=O)c1cc2cnc(Nc3ccc(N4C[C@@H]5CNC[C@@H]5C4=O)cn3)nc2n1C1CCCC1.CN(C)C(=O)c1cc2cnc(Nc3ccc(N4C[C@H]5CNC[C@H]5C4=O)cn3)nc2n1C1CCCC1. The molecule has 6 N–H and O–H groups in total. The number of nitrogens with zero attached hydrogens (tertiary/aromatic N) is 18. The number of amides is 6. The Morgan fingerprint density at radius 3 is 0.895 bits per heavy atom. The van der Waals surface area contributed by atoms with Crippen LogP contribution in [0, 0.1) is 35.5 Å². The van der Waals surface area contributed by atoms with Crippen LogP contribution in [0.5, 0.6) is 0 Å². The maximum Gasteiger partial charge on any atom is 0.270 e. The predicted molar refractivity (Wildman–Crippen MR) is 398 cm³/mol. The van der Waals surface area contributed by atoms with Gasteiger partial charge in [0.1, 0.15) is 51.5 Å². The highest BCUT2D eigenvalue weighted by atomic mass is 16.2. The zero-order chi connectivity index (χ0) is 72.3. The van der Waals surface area contributed by atoms with Gasteiger partial charge in [-0.2, -0.15) is 15.0 Å². The van der Waals surface area contributed by atoms with E-state index in [-0.39, 0.29) is 71.3 Å². The van der Waals surface area contributed by atoms with E-state index in [2.05, 4.69) is 75.5 Å². The van der Waals surface area contributed by atoms with Crippen LogP contribution in [-0.2, 0) is 14.4 Å². The van der Waals surface area contributed by atoms with Gasteiger partial charge in [-0.3, -0.25) is 28.8 Å². The minimum absolute atomic E-state index is 0.0296. The first-order valence-corrected chi connectivity index (χ1v) is 37.0. The highest BCUT2D eigenvalue weighted by Gasteiger charge is 2.46. The Morgan fingerprint density at radius 1 is 0.381 bits per heavy atom. The Bertz CT molecular complexity index is 4310. The molecule has 6 amide bonds. The third-order valence-corrected chi connectivity index (χ3v) is 22.6. The van der Waals surface area contributed by atoms with E-state index in [1.54, 1.807) is 94.2 Å². The second-order valence-electron chi connectivity index (χ2n) is 30.0. The highest BCUT2D eigenvalue weighted by molar-refractivity contribution is 6.02. The van der Waals surface area contributed by atoms with Crippen LogP contribution in [-0.4, -0.2) is 210 Å². The van der Waals surface area contributed by atoms with E-state index < -0.39 is 0 Å². The van der Waals surface area contributed by atoms with Crippen LogP contribution in [0.25, 0.3) is 33.1 Å². The third kappa shape index (κ3) is 13.4. The highest BCUT2D eigenvalue weighted by Crippen LogP contribution is 2.41. The lowest BCUT2D eigenvalue weighted by Gasteiger charge is -2.19. The average molecular weight is 1420 g/mol. The summed E-state index contributed by atoms with van der Waals surface area (Å²) in [5.41, 5.74) is 6.69. The Labute approximate surface area is 607 Å². The first-order chi connectivity index (χ1) is 51.0. The van der Waals surface area contributed by atoms with Gasteiger partial charge in [-0.05, 0) is 93.1 Å². The number of pyridine rings is 3. The molecule has 3 aliphatic carbocycles. The Morgan fingerprint density at radius 2 is 0.657 bits per heavy atom. The van der Waals surface area contributed by atoms with Crippen LogP contribution in [0.3, 0.4) is 0 Å². The fourth-order valence-electron chi connectivity index (χ4n) is 17.1. The largest absolute Gasteiger partial charge is 0.343 e. The number of hydrogen-bond acceptors (Lipinski definition) is 21. The first kappa shape index (κ1) is 68.8. The lowest BCUT2D eigenvalue weighted by atomic mass is 10.0. The van der Waals surface area contributed by atoms with Crippen LogP contribution in [0.1, 0.15) is 127 Å². The number of nitrogens with one attached hydrogen (secondary N) is 6. The molecule has 15 heterocycles. The van der Waals surface area contributed by atoms with E-state index in [9.17, 15) is 28.8 Å². The van der Waals surface area contributed by atoms with Crippen LogP contribution in [0.15, 0.2) is 91.8 Å². The minimum atomic E-state index is -0.0296. The van der Waals surface area contributed by atoms with Gasteiger partial charge in [-0.25, -0.2) is 29.9 Å². The maximum atomic E-state index is 12.9. The average Bonchev–Trinajstić information content (AvgIpc) is 1.63. The fraction of sp³-hybridized carbons (Fsp3) is 0.480. The van der Waals surface area contributed by atoms with Crippen molar-refractivity contribution in [1.82, 2.24) is 89.2 Å². The molecule has 105 heavy (non-hydrogen) atoms. The monoisotopic (exact) mass is 1420 g/mol. The van der Waals surface area contributed by atoms with Crippen molar-refractivity contribution in [2.24, 2.45) is 35.5 Å². The van der Waals surface area contributed by atoms with Gasteiger partial charge in [0, 0.05) is 172 Å². The molecule has 0 bridgehead atoms. The Balaban J connectivity index is 0.000000121. The summed E-state index contributed by atoms with van der Waals surface area (Å²) in [6.45, 7) is 7.16. The predicted octanol–water partition coefficient (Wildman–Crippen LogP) is 7.71. The molecule has 9 fully saturated rings. The molecule has 9 aromatic rings. The second-order valence-corrected chi connectivity index (χ2v) is 30.0. The van der Waals surface area contributed by atoms with Crippen LogP contribution in [0.2, 0.25) is 0 Å². The van der Waals surface area contributed by atoms with Crippen molar-refractivity contribution in [3.8, 4) is 0 Å². The van der Waals surface area contributed by atoms with Crippen LogP contribution in [0.4, 0.5) is 52.4 Å². The molecule has 9 aliphatic rings. The van der Waals surface area contributed by atoms with E-state index in [0.29, 0.717) is 70.1 Å². The molecule has 2 unspecified atom stereocenters. The molecule has 0 spiro atoms. The van der Waals surface area contributed by atoms with E-state index in [1.165, 1.54) is 0 Å². The Kier molecular flexibility index (Phi) is 18.9. The van der Waals surface area contributed by atoms with Crippen molar-refractivity contribution < 1.29 is 28.8 Å². The van der Waals surface area contributed by atoms with E-state index in [1.807, 2.05) is 69.3 Å². The lowest BCUT2D eigenvalue weighted by molar-refractivity contribution is -0.121. The second kappa shape index (κ2) is 28.8. The number of aromatic nitrogens is 12. The molecule has 30 nitrogen and oxygen atoms in total. The molecule has 6 atom stereocenters. The third-order valence-electron chi connectivity index (χ3n) is 22.6. The molecule has 546 valence electrons. The number of hydrogen-bond donors (Lipinski definition) is 6. The summed E-state index contributed by atoms with van der Waals surface area (Å²) in [6, 6.07) is 17.7. The molecule has 0 aromatic carbocycles. The first-order valence-electron chi connectivity index (χ1n) is 37.0. The van der Waals surface area contributed by atoms with E-state index in [4.69, 9.17) is 15.0 Å². The lowest BCUT2D eigenvalue weighted by Crippen LogP contribution is -2.30. The van der Waals surface area contributed by atoms with Crippen molar-refractivity contribution in [2.45, 2.75) is 95.2 Å². The van der Waals surface area contributed by atoms with Crippen molar-refractivity contribution in [2.75, 3.05) is 132 Å². The van der Waals surface area contributed by atoms with Crippen LogP contribution >= 0.6 is 0 Å². The van der Waals surface area contributed by atoms with Gasteiger partial charge in [0.25, 0.3) is 17.7 Å². The molecule has 9 aromatic heterocycles. The molecule has 0 radical (unpaired) electrons. The normalized spacial score (nSPS) is 22.2. The molecule has 6 aliphatic heterocycles. The van der Waals surface area contributed by atoms with E-state index in [0.717, 1.165) is 186 Å². The summed E-state index contributed by atoms with van der Waals surface area (Å²) in [7, 11) is 10.6. The summed E-state index contributed by atoms with van der Waals surface area (Å²) in [5, 5.41) is 22.0. The standard InChI is InChI=1S/3C25H30N8O2/c3*1-31(2)24(35)20-9-15-11-28-25(30-22(15)33(20)17-5-3-4-6-17)29-21-8-7-18(12-27-21)32-14-16-10-26-13-19(16)23(32)34/h3*7-9,11-12,16-17,19,26H,3-6,10,13-14H2,1-2H3,(H,27,28,29,30)/t2*16-,19-;/m10./s1. The van der Waals surface area contributed by atoms with Gasteiger partial charge in [0.05, 0.1) is 53.4 Å². The van der Waals surface area contributed by atoms with Crippen molar-refractivity contribution in [1.29, 1.82) is 0 Å². The number of anilines is 9. The topological polar surface area (TPSA) is 325 Å². The maximum absolute atomic E-state index is 12.9. The number of carbonyl (C=O) groups is 6. The summed E-state index contributed by atoms with van der Waals surface area (Å²) in [5.74, 6) is 4.88. The summed E-state index contributed by atoms with van der Waals surface area (Å²) in [4.78, 5) is 128. The zero-order valence-corrected chi connectivity index (χ0v) is 60.2. The summed E-state index contributed by atoms with van der Waals surface area (Å²) in [6.07, 6.45) is 23.6. The smallest absolute Gasteiger partial charge is 0.270 e. The molecule has 30 heteroatoms. The number of fused-ring (bicyclic) bond motifs is 6.